The molecule has 1 amide bonds. The number of carbonyl (C=O) groups excluding carboxylic acids is 1. The van der Waals surface area contributed by atoms with E-state index >= 15 is 0 Å². The van der Waals surface area contributed by atoms with Crippen molar-refractivity contribution in [1.29, 1.82) is 0 Å². The Bertz CT molecular complexity index is 992. The number of benzene rings is 1. The fourth-order valence-electron chi connectivity index (χ4n) is 3.60. The Balaban J connectivity index is 1.33. The summed E-state index contributed by atoms with van der Waals surface area (Å²) in [6, 6.07) is 10.0. The van der Waals surface area contributed by atoms with Crippen molar-refractivity contribution in [2.75, 3.05) is 13.1 Å². The monoisotopic (exact) mass is 398 g/mol. The number of hydrogen-bond donors (Lipinski definition) is 1. The minimum Gasteiger partial charge on any atom is -0.346 e. The van der Waals surface area contributed by atoms with Crippen molar-refractivity contribution in [3.8, 4) is 0 Å². The van der Waals surface area contributed by atoms with Gasteiger partial charge < -0.3 is 5.32 Å². The summed E-state index contributed by atoms with van der Waals surface area (Å²) in [5.41, 5.74) is 3.01. The second-order valence-corrected chi connectivity index (χ2v) is 7.77. The van der Waals surface area contributed by atoms with Gasteiger partial charge in [0.15, 0.2) is 0 Å². The van der Waals surface area contributed by atoms with Crippen molar-refractivity contribution in [1.82, 2.24) is 29.8 Å². The fourth-order valence-corrected chi connectivity index (χ4v) is 3.72. The van der Waals surface area contributed by atoms with E-state index in [9.17, 15) is 4.79 Å². The van der Waals surface area contributed by atoms with E-state index < -0.39 is 0 Å². The lowest BCUT2D eigenvalue weighted by Crippen LogP contribution is -2.44. The molecule has 1 aliphatic rings. The second-order valence-electron chi connectivity index (χ2n) is 7.34. The first-order valence-electron chi connectivity index (χ1n) is 9.46. The van der Waals surface area contributed by atoms with Crippen LogP contribution in [0.1, 0.15) is 40.4 Å². The van der Waals surface area contributed by atoms with E-state index in [-0.39, 0.29) is 17.8 Å². The molecule has 1 aromatic carbocycles. The molecule has 1 N–H and O–H groups in total. The average Bonchev–Trinajstić information content (AvgIpc) is 3.10. The van der Waals surface area contributed by atoms with E-state index in [1.54, 1.807) is 4.52 Å². The maximum atomic E-state index is 12.6. The molecule has 0 bridgehead atoms. The number of amides is 1. The van der Waals surface area contributed by atoms with Gasteiger partial charge >= 0.3 is 0 Å². The predicted molar refractivity (Wildman–Crippen MR) is 107 cm³/mol. The number of halogens is 1. The zero-order valence-corrected chi connectivity index (χ0v) is 16.8. The van der Waals surface area contributed by atoms with Crippen molar-refractivity contribution in [3.63, 3.8) is 0 Å². The lowest BCUT2D eigenvalue weighted by Gasteiger charge is -2.32. The Hall–Kier alpha value is -2.51. The molecule has 8 heteroatoms. The third kappa shape index (κ3) is 4.15. The third-order valence-electron chi connectivity index (χ3n) is 5.06. The van der Waals surface area contributed by atoms with Crippen molar-refractivity contribution < 1.29 is 4.79 Å². The molecule has 3 heterocycles. The van der Waals surface area contributed by atoms with Gasteiger partial charge in [0.05, 0.1) is 0 Å². The van der Waals surface area contributed by atoms with E-state index in [2.05, 4.69) is 37.4 Å². The lowest BCUT2D eigenvalue weighted by atomic mass is 10.0. The van der Waals surface area contributed by atoms with Crippen LogP contribution in [0.15, 0.2) is 30.3 Å². The van der Waals surface area contributed by atoms with E-state index in [0.29, 0.717) is 5.78 Å². The smallest absolute Gasteiger partial charge is 0.291 e. The van der Waals surface area contributed by atoms with E-state index in [1.165, 1.54) is 5.56 Å². The molecule has 0 aliphatic carbocycles. The van der Waals surface area contributed by atoms with Gasteiger partial charge in [0.25, 0.3) is 11.7 Å². The van der Waals surface area contributed by atoms with Crippen LogP contribution in [-0.2, 0) is 6.54 Å². The van der Waals surface area contributed by atoms with Gasteiger partial charge in [-0.2, -0.15) is 4.98 Å². The number of carbonyl (C=O) groups is 1. The number of fused-ring (bicyclic) bond motifs is 1. The van der Waals surface area contributed by atoms with Crippen LogP contribution in [0.4, 0.5) is 0 Å². The summed E-state index contributed by atoms with van der Waals surface area (Å²) in [5.74, 6) is 0.393. The SMILES string of the molecule is Cc1cc(C)n2nc(C(=O)NC3CCN(Cc4ccc(Cl)cc4)CC3)nc2n1. The van der Waals surface area contributed by atoms with Crippen LogP contribution >= 0.6 is 11.6 Å². The normalized spacial score (nSPS) is 15.8. The maximum Gasteiger partial charge on any atom is 0.291 e. The fraction of sp³-hybridized carbons (Fsp3) is 0.400. The van der Waals surface area contributed by atoms with Crippen molar-refractivity contribution in [2.24, 2.45) is 0 Å². The number of piperidine rings is 1. The van der Waals surface area contributed by atoms with Gasteiger partial charge in [0.2, 0.25) is 5.82 Å². The molecule has 3 aromatic rings. The van der Waals surface area contributed by atoms with Gasteiger partial charge in [-0.3, -0.25) is 9.69 Å². The first-order valence-corrected chi connectivity index (χ1v) is 9.84. The first-order chi connectivity index (χ1) is 13.5. The quantitative estimate of drug-likeness (QED) is 0.731. The van der Waals surface area contributed by atoms with Gasteiger partial charge in [0.1, 0.15) is 0 Å². The summed E-state index contributed by atoms with van der Waals surface area (Å²) >= 11 is 5.95. The molecule has 0 unspecified atom stereocenters. The second kappa shape index (κ2) is 7.85. The number of hydrogen-bond acceptors (Lipinski definition) is 5. The number of aryl methyl sites for hydroxylation is 2. The number of likely N-dealkylation sites (tertiary alicyclic amines) is 1. The van der Waals surface area contributed by atoms with Crippen LogP contribution in [-0.4, -0.2) is 49.5 Å². The Kier molecular flexibility index (Phi) is 5.28. The molecule has 0 radical (unpaired) electrons. The Morgan fingerprint density at radius 1 is 1.18 bits per heavy atom. The van der Waals surface area contributed by atoms with Crippen molar-refractivity contribution in [2.45, 2.75) is 39.3 Å². The van der Waals surface area contributed by atoms with E-state index in [4.69, 9.17) is 11.6 Å². The number of nitrogens with one attached hydrogen (secondary N) is 1. The van der Waals surface area contributed by atoms with Crippen molar-refractivity contribution >= 4 is 23.3 Å². The highest BCUT2D eigenvalue weighted by atomic mass is 35.5. The molecule has 1 aliphatic heterocycles. The molecule has 28 heavy (non-hydrogen) atoms. The minimum atomic E-state index is -0.237. The summed E-state index contributed by atoms with van der Waals surface area (Å²) < 4.78 is 1.61. The van der Waals surface area contributed by atoms with Gasteiger partial charge in [0, 0.05) is 42.1 Å². The predicted octanol–water partition coefficient (Wildman–Crippen LogP) is 2.79. The summed E-state index contributed by atoms with van der Waals surface area (Å²) in [6.45, 7) is 6.60. The lowest BCUT2D eigenvalue weighted by molar-refractivity contribution is 0.0898. The zero-order valence-electron chi connectivity index (χ0n) is 16.0. The molecule has 2 aromatic heterocycles. The summed E-state index contributed by atoms with van der Waals surface area (Å²) in [7, 11) is 0. The van der Waals surface area contributed by atoms with Crippen LogP contribution in [0.3, 0.4) is 0 Å². The molecular weight excluding hydrogens is 376 g/mol. The largest absolute Gasteiger partial charge is 0.346 e. The Morgan fingerprint density at radius 2 is 1.89 bits per heavy atom. The van der Waals surface area contributed by atoms with Gasteiger partial charge in [-0.1, -0.05) is 23.7 Å². The molecule has 0 saturated carbocycles. The first kappa shape index (κ1) is 18.8. The van der Waals surface area contributed by atoms with Crippen LogP contribution in [0.25, 0.3) is 5.78 Å². The molecular formula is C20H23ClN6O. The number of aromatic nitrogens is 4. The number of rotatable bonds is 4. The van der Waals surface area contributed by atoms with Crippen LogP contribution < -0.4 is 5.32 Å². The molecule has 1 saturated heterocycles. The van der Waals surface area contributed by atoms with Gasteiger partial charge in [-0.15, -0.1) is 5.10 Å². The van der Waals surface area contributed by atoms with Crippen LogP contribution in [0.2, 0.25) is 5.02 Å². The maximum absolute atomic E-state index is 12.6. The van der Waals surface area contributed by atoms with E-state index in [0.717, 1.165) is 48.9 Å². The summed E-state index contributed by atoms with van der Waals surface area (Å²) in [5, 5.41) is 8.14. The van der Waals surface area contributed by atoms with Crippen molar-refractivity contribution in [3.05, 3.63) is 58.1 Å². The molecule has 1 fully saturated rings. The molecule has 146 valence electrons. The minimum absolute atomic E-state index is 0.136. The Labute approximate surface area is 168 Å². The summed E-state index contributed by atoms with van der Waals surface area (Å²) in [4.78, 5) is 23.6. The van der Waals surface area contributed by atoms with Crippen LogP contribution in [0, 0.1) is 13.8 Å². The van der Waals surface area contributed by atoms with Gasteiger partial charge in [-0.05, 0) is 50.5 Å². The average molecular weight is 399 g/mol. The highest BCUT2D eigenvalue weighted by Crippen LogP contribution is 2.16. The molecule has 0 atom stereocenters. The number of nitrogens with zero attached hydrogens (tertiary/aromatic N) is 5. The Morgan fingerprint density at radius 3 is 2.61 bits per heavy atom. The topological polar surface area (TPSA) is 75.4 Å². The van der Waals surface area contributed by atoms with Crippen LogP contribution in [0.5, 0.6) is 0 Å². The molecule has 0 spiro atoms. The third-order valence-corrected chi connectivity index (χ3v) is 5.32. The standard InChI is InChI=1S/C20H23ClN6O/c1-13-11-14(2)27-20(22-13)24-18(25-27)19(28)23-17-7-9-26(10-8-17)12-15-3-5-16(21)6-4-15/h3-6,11,17H,7-10,12H2,1-2H3,(H,23,28). The molecule has 7 nitrogen and oxygen atoms in total. The van der Waals surface area contributed by atoms with Gasteiger partial charge in [-0.25, -0.2) is 9.50 Å². The highest BCUT2D eigenvalue weighted by Gasteiger charge is 2.23. The zero-order chi connectivity index (χ0) is 19.7. The highest BCUT2D eigenvalue weighted by molar-refractivity contribution is 6.30. The molecule has 4 rings (SSSR count). The van der Waals surface area contributed by atoms with E-state index in [1.807, 2.05) is 32.0 Å². The summed E-state index contributed by atoms with van der Waals surface area (Å²) in [6.07, 6.45) is 1.81.